The van der Waals surface area contributed by atoms with Crippen LogP contribution in [0.2, 0.25) is 0 Å². The molecule has 338 valence electrons. The molecule has 0 aliphatic carbocycles. The zero-order valence-electron chi connectivity index (χ0n) is 32.3. The second-order valence-corrected chi connectivity index (χ2v) is 20.1. The van der Waals surface area contributed by atoms with Crippen molar-refractivity contribution in [2.24, 2.45) is 0 Å². The van der Waals surface area contributed by atoms with Crippen molar-refractivity contribution in [1.29, 1.82) is 0 Å². The summed E-state index contributed by atoms with van der Waals surface area (Å²) >= 11 is 1.87. The van der Waals surface area contributed by atoms with Crippen LogP contribution in [-0.2, 0) is 47.6 Å². The third-order valence-corrected chi connectivity index (χ3v) is 15.2. The number of aliphatic hydroxyl groups is 2. The normalized spacial score (nSPS) is 25.3. The molecule has 0 saturated carbocycles. The number of amides is 4. The van der Waals surface area contributed by atoms with E-state index in [4.69, 9.17) is 20.3 Å². The molecule has 29 heteroatoms. The Kier molecular flexibility index (Phi) is 17.3. The van der Waals surface area contributed by atoms with Crippen LogP contribution in [0.3, 0.4) is 0 Å². The highest BCUT2D eigenvalue weighted by atomic mass is 32.2. The van der Waals surface area contributed by atoms with Crippen molar-refractivity contribution in [2.75, 3.05) is 24.6 Å². The molecule has 9 atom stereocenters. The number of nitrogen functional groups attached to an aromatic ring is 1. The summed E-state index contributed by atoms with van der Waals surface area (Å²) in [7, 11) is -17.2. The number of nitrogens with two attached hydrogens (primary N) is 1. The second kappa shape index (κ2) is 21.5. The number of carbonyl (C=O) groups is 3. The minimum absolute atomic E-state index is 0.0225. The Morgan fingerprint density at radius 3 is 2.30 bits per heavy atom. The van der Waals surface area contributed by atoms with E-state index in [1.807, 2.05) is 11.8 Å². The summed E-state index contributed by atoms with van der Waals surface area (Å²) in [5, 5.41) is 38.1. The SMILES string of the molecule is Nc1ncnc2c1c(CCCCCNC(=O)CCCCCNC(=O)CCCC[C@@H]1SC[C@@H]3NC(=O)N[C@@H]31)nn2[C@@H]1C[C@H](O)[C@@H](C(O)OP(=O)(O)OP(=O)(O)OP(=O)(O)O)O1. The van der Waals surface area contributed by atoms with Gasteiger partial charge in [0.1, 0.15) is 18.2 Å². The summed E-state index contributed by atoms with van der Waals surface area (Å²) in [6, 6.07) is 0.282. The highest BCUT2D eigenvalue weighted by Gasteiger charge is 2.47. The van der Waals surface area contributed by atoms with E-state index >= 15 is 0 Å². The van der Waals surface area contributed by atoms with Gasteiger partial charge >= 0.3 is 29.5 Å². The number of aromatic nitrogens is 4. The molecule has 0 aromatic carbocycles. The fraction of sp³-hybridized carbons (Fsp3) is 0.742. The van der Waals surface area contributed by atoms with Gasteiger partial charge in [-0.05, 0) is 44.9 Å². The first-order valence-corrected chi connectivity index (χ1v) is 24.9. The Bertz CT molecular complexity index is 1960. The van der Waals surface area contributed by atoms with Gasteiger partial charge in [0, 0.05) is 43.4 Å². The van der Waals surface area contributed by atoms with Gasteiger partial charge < -0.3 is 61.5 Å². The van der Waals surface area contributed by atoms with Crippen LogP contribution < -0.4 is 27.0 Å². The molecule has 4 amide bonds. The van der Waals surface area contributed by atoms with Crippen LogP contribution in [0.5, 0.6) is 0 Å². The van der Waals surface area contributed by atoms with Crippen LogP contribution in [0.1, 0.15) is 89.0 Å². The quantitative estimate of drug-likeness (QED) is 0.0286. The third-order valence-electron chi connectivity index (χ3n) is 9.83. The van der Waals surface area contributed by atoms with Gasteiger partial charge in [0.2, 0.25) is 11.8 Å². The van der Waals surface area contributed by atoms with Crippen molar-refractivity contribution in [3.8, 4) is 0 Å². The van der Waals surface area contributed by atoms with Crippen molar-refractivity contribution in [3.63, 3.8) is 0 Å². The number of aryl methyl sites for hydroxylation is 1. The molecule has 25 nitrogen and oxygen atoms in total. The fourth-order valence-corrected chi connectivity index (χ4v) is 11.7. The Hall–Kier alpha value is -2.80. The van der Waals surface area contributed by atoms with Crippen LogP contribution in [0.15, 0.2) is 6.33 Å². The van der Waals surface area contributed by atoms with Crippen molar-refractivity contribution in [3.05, 3.63) is 12.0 Å². The summed E-state index contributed by atoms with van der Waals surface area (Å²) < 4.78 is 53.2. The topological polar surface area (TPSA) is 378 Å². The lowest BCUT2D eigenvalue weighted by molar-refractivity contribution is -0.161. The number of phosphoric ester groups is 1. The molecular weight excluding hydrogens is 879 g/mol. The number of thioether (sulfide) groups is 1. The molecule has 2 aromatic heterocycles. The number of unbranched alkanes of at least 4 members (excludes halogenated alkanes) is 5. The Morgan fingerprint density at radius 2 is 1.62 bits per heavy atom. The lowest BCUT2D eigenvalue weighted by Crippen LogP contribution is -2.36. The van der Waals surface area contributed by atoms with E-state index in [1.54, 1.807) is 0 Å². The zero-order chi connectivity index (χ0) is 43.7. The highest BCUT2D eigenvalue weighted by Crippen LogP contribution is 2.66. The fourth-order valence-electron chi connectivity index (χ4n) is 7.11. The van der Waals surface area contributed by atoms with Crippen LogP contribution in [-0.4, -0.2) is 122 Å². The molecule has 3 aliphatic heterocycles. The summed E-state index contributed by atoms with van der Waals surface area (Å²) in [4.78, 5) is 80.8. The molecule has 5 heterocycles. The van der Waals surface area contributed by atoms with E-state index in [2.05, 4.69) is 49.5 Å². The minimum Gasteiger partial charge on any atom is -0.390 e. The number of phosphoric acid groups is 3. The maximum Gasteiger partial charge on any atom is 0.490 e. The number of ether oxygens (including phenoxy) is 1. The van der Waals surface area contributed by atoms with Crippen molar-refractivity contribution in [2.45, 2.75) is 126 Å². The average Bonchev–Trinajstić information content (AvgIpc) is 3.90. The largest absolute Gasteiger partial charge is 0.490 e. The van der Waals surface area contributed by atoms with E-state index in [9.17, 15) is 48.1 Å². The molecule has 3 aliphatic rings. The van der Waals surface area contributed by atoms with E-state index in [0.29, 0.717) is 74.4 Å². The predicted octanol–water partition coefficient (Wildman–Crippen LogP) is 0.950. The molecular formula is C31H52N9O16P3S. The summed E-state index contributed by atoms with van der Waals surface area (Å²) in [6.45, 7) is 1.03. The summed E-state index contributed by atoms with van der Waals surface area (Å²) in [6.07, 6.45) is 2.30. The molecule has 3 saturated heterocycles. The number of rotatable bonds is 25. The molecule has 5 rings (SSSR count). The third kappa shape index (κ3) is 14.4. The molecule has 0 radical (unpaired) electrons. The van der Waals surface area contributed by atoms with Crippen molar-refractivity contribution in [1.82, 2.24) is 41.0 Å². The molecule has 60 heavy (non-hydrogen) atoms. The molecule has 0 bridgehead atoms. The van der Waals surface area contributed by atoms with Crippen LogP contribution in [0.25, 0.3) is 11.0 Å². The maximum absolute atomic E-state index is 12.3. The predicted molar refractivity (Wildman–Crippen MR) is 211 cm³/mol. The van der Waals surface area contributed by atoms with Gasteiger partial charge in [-0.1, -0.05) is 19.3 Å². The van der Waals surface area contributed by atoms with Crippen LogP contribution in [0.4, 0.5) is 10.6 Å². The van der Waals surface area contributed by atoms with Gasteiger partial charge in [0.25, 0.3) is 0 Å². The van der Waals surface area contributed by atoms with Gasteiger partial charge in [0.15, 0.2) is 18.2 Å². The second-order valence-electron chi connectivity index (χ2n) is 14.5. The standard InChI is InChI=1S/C31H52N9O16P3S/c32-28-25-18(39-40(29(25)36-17-35-28)24-15-20(41)27(53-24)30(44)54-58(49,50)56-59(51,52)55-57(46,47)48)9-3-1-7-13-33-22(42)11-4-2-8-14-34-23(43)12-6-5-10-21-26-19(16-60-21)37-31(45)38-26/h17,19-21,24,26-27,30,41,44H,1-16H2,(H,33,42)(H,34,43)(H,49,50)(H,51,52)(H2,32,35,36)(H2,37,38,45)(H2,46,47,48)/t19-,20-,21-,24-,26-,27-,30?/m0/s1. The number of hydrogen-bond donors (Lipinski definition) is 11. The smallest absolute Gasteiger partial charge is 0.390 e. The number of hydrogen-bond acceptors (Lipinski definition) is 17. The first-order valence-electron chi connectivity index (χ1n) is 19.3. The zero-order valence-corrected chi connectivity index (χ0v) is 35.8. The van der Waals surface area contributed by atoms with Crippen LogP contribution >= 0.6 is 35.2 Å². The first kappa shape index (κ1) is 48.2. The Morgan fingerprint density at radius 1 is 0.950 bits per heavy atom. The number of nitrogens with one attached hydrogen (secondary N) is 4. The lowest BCUT2D eigenvalue weighted by atomic mass is 10.0. The van der Waals surface area contributed by atoms with Gasteiger partial charge in [-0.2, -0.15) is 25.5 Å². The molecule has 2 aromatic rings. The van der Waals surface area contributed by atoms with E-state index in [0.717, 1.165) is 37.9 Å². The number of nitrogens with zero attached hydrogens (tertiary/aromatic N) is 4. The Balaban J connectivity index is 0.951. The Labute approximate surface area is 348 Å². The minimum atomic E-state index is -5.86. The number of carbonyl (C=O) groups excluding carboxylic acids is 3. The average molecular weight is 932 g/mol. The number of anilines is 1. The maximum atomic E-state index is 12.3. The van der Waals surface area contributed by atoms with Crippen molar-refractivity contribution >= 4 is 69.9 Å². The van der Waals surface area contributed by atoms with Gasteiger partial charge in [-0.15, -0.1) is 0 Å². The number of urea groups is 1. The molecule has 0 spiro atoms. The van der Waals surface area contributed by atoms with Gasteiger partial charge in [-0.25, -0.2) is 33.1 Å². The van der Waals surface area contributed by atoms with Crippen LogP contribution in [0, 0.1) is 0 Å². The van der Waals surface area contributed by atoms with E-state index in [-0.39, 0.29) is 47.8 Å². The molecule has 12 N–H and O–H groups in total. The molecule has 3 unspecified atom stereocenters. The van der Waals surface area contributed by atoms with Crippen molar-refractivity contribution < 1.29 is 75.7 Å². The summed E-state index contributed by atoms with van der Waals surface area (Å²) in [5.41, 5.74) is 6.86. The number of fused-ring (bicyclic) bond motifs is 2. The lowest BCUT2D eigenvalue weighted by Gasteiger charge is -2.23. The molecule has 3 fully saturated rings. The van der Waals surface area contributed by atoms with E-state index in [1.165, 1.54) is 11.0 Å². The van der Waals surface area contributed by atoms with Gasteiger partial charge in [0.05, 0.1) is 29.3 Å². The van der Waals surface area contributed by atoms with E-state index < -0.39 is 48.2 Å². The monoisotopic (exact) mass is 931 g/mol. The number of aliphatic hydroxyl groups excluding tert-OH is 2. The summed E-state index contributed by atoms with van der Waals surface area (Å²) in [5.74, 6) is 0.997. The first-order chi connectivity index (χ1) is 28.3. The van der Waals surface area contributed by atoms with Gasteiger partial charge in [-0.3, -0.25) is 14.1 Å². The highest BCUT2D eigenvalue weighted by molar-refractivity contribution is 8.00.